The molecule has 24 heavy (non-hydrogen) atoms. The first-order chi connectivity index (χ1) is 11.4. The smallest absolute Gasteiger partial charge is 0.338 e. The second kappa shape index (κ2) is 8.05. The van der Waals surface area contributed by atoms with Crippen molar-refractivity contribution in [3.05, 3.63) is 71.3 Å². The molecule has 1 atom stereocenters. The predicted octanol–water partition coefficient (Wildman–Crippen LogP) is 2.66. The van der Waals surface area contributed by atoms with Gasteiger partial charge in [0.25, 0.3) is 10.1 Å². The minimum Gasteiger partial charge on any atom is -0.465 e. The Hall–Kier alpha value is -2.22. The van der Waals surface area contributed by atoms with Crippen molar-refractivity contribution < 1.29 is 26.9 Å². The highest BCUT2D eigenvalue weighted by atomic mass is 32.2. The van der Waals surface area contributed by atoms with Crippen LogP contribution in [0.2, 0.25) is 0 Å². The fourth-order valence-electron chi connectivity index (χ4n) is 2.07. The molecule has 0 N–H and O–H groups in total. The molecule has 0 saturated carbocycles. The van der Waals surface area contributed by atoms with E-state index >= 15 is 0 Å². The number of benzene rings is 2. The van der Waals surface area contributed by atoms with Crippen molar-refractivity contribution in [3.8, 4) is 0 Å². The summed E-state index contributed by atoms with van der Waals surface area (Å²) in [6.45, 7) is 0.122. The van der Waals surface area contributed by atoms with Crippen LogP contribution >= 0.6 is 0 Å². The van der Waals surface area contributed by atoms with Crippen LogP contribution in [0.3, 0.4) is 0 Å². The summed E-state index contributed by atoms with van der Waals surface area (Å²) in [5, 5.41) is 0. The van der Waals surface area contributed by atoms with Crippen molar-refractivity contribution in [1.29, 1.82) is 0 Å². The van der Waals surface area contributed by atoms with Gasteiger partial charge in [0.2, 0.25) is 6.29 Å². The van der Waals surface area contributed by atoms with E-state index in [9.17, 15) is 13.2 Å². The zero-order valence-electron chi connectivity index (χ0n) is 13.3. The van der Waals surface area contributed by atoms with Crippen LogP contribution in [-0.4, -0.2) is 27.8 Å². The fourth-order valence-corrected chi connectivity index (χ4v) is 2.55. The lowest BCUT2D eigenvalue weighted by atomic mass is 10.1. The maximum atomic E-state index is 11.9. The van der Waals surface area contributed by atoms with E-state index in [2.05, 4.69) is 0 Å². The molecule has 2 aromatic carbocycles. The van der Waals surface area contributed by atoms with Gasteiger partial charge in [0.1, 0.15) is 0 Å². The number of ether oxygens (including phenoxy) is 2. The molecule has 0 aliphatic carbocycles. The topological polar surface area (TPSA) is 78.9 Å². The standard InChI is InChI=1S/C17H18O6S/c1-21-16(18)14-10-6-7-11-15(14)17(23-24(2,19)20)22-12-13-8-4-3-5-9-13/h3-11,17H,12H2,1-2H3/t17-/m0/s1. The quantitative estimate of drug-likeness (QED) is 0.434. The lowest BCUT2D eigenvalue weighted by Crippen LogP contribution is -2.17. The molecule has 0 aromatic heterocycles. The van der Waals surface area contributed by atoms with Crippen molar-refractivity contribution >= 4 is 16.1 Å². The van der Waals surface area contributed by atoms with Crippen molar-refractivity contribution in [3.63, 3.8) is 0 Å². The number of methoxy groups -OCH3 is 1. The minimum atomic E-state index is -3.80. The summed E-state index contributed by atoms with van der Waals surface area (Å²) in [4.78, 5) is 11.9. The molecule has 2 aromatic rings. The Bertz CT molecular complexity index is 786. The van der Waals surface area contributed by atoms with Gasteiger partial charge in [-0.05, 0) is 11.6 Å². The molecule has 6 nitrogen and oxygen atoms in total. The summed E-state index contributed by atoms with van der Waals surface area (Å²) in [5.74, 6) is -0.601. The van der Waals surface area contributed by atoms with Crippen LogP contribution in [0.4, 0.5) is 0 Å². The third kappa shape index (κ3) is 5.16. The molecule has 0 heterocycles. The highest BCUT2D eigenvalue weighted by Gasteiger charge is 2.24. The van der Waals surface area contributed by atoms with E-state index in [0.29, 0.717) is 0 Å². The monoisotopic (exact) mass is 350 g/mol. The number of hydrogen-bond acceptors (Lipinski definition) is 6. The summed E-state index contributed by atoms with van der Waals surface area (Å²) in [5.41, 5.74) is 1.31. The van der Waals surface area contributed by atoms with Gasteiger partial charge in [-0.2, -0.15) is 8.42 Å². The van der Waals surface area contributed by atoms with Gasteiger partial charge in [-0.25, -0.2) is 8.98 Å². The van der Waals surface area contributed by atoms with E-state index < -0.39 is 22.4 Å². The fraction of sp³-hybridized carbons (Fsp3) is 0.235. The second-order valence-electron chi connectivity index (χ2n) is 5.01. The van der Waals surface area contributed by atoms with Gasteiger partial charge in [0, 0.05) is 5.56 Å². The van der Waals surface area contributed by atoms with Gasteiger partial charge >= 0.3 is 5.97 Å². The largest absolute Gasteiger partial charge is 0.465 e. The molecule has 0 aliphatic heterocycles. The Labute approximate surface area is 141 Å². The third-order valence-electron chi connectivity index (χ3n) is 3.13. The highest BCUT2D eigenvalue weighted by molar-refractivity contribution is 7.86. The van der Waals surface area contributed by atoms with E-state index in [1.807, 2.05) is 30.3 Å². The Morgan fingerprint density at radius 1 is 1.04 bits per heavy atom. The lowest BCUT2D eigenvalue weighted by molar-refractivity contribution is -0.0891. The molecule has 0 saturated heterocycles. The zero-order chi connectivity index (χ0) is 17.6. The molecule has 2 rings (SSSR count). The van der Waals surface area contributed by atoms with Crippen LogP contribution in [0.15, 0.2) is 54.6 Å². The molecule has 7 heteroatoms. The van der Waals surface area contributed by atoms with E-state index in [1.54, 1.807) is 18.2 Å². The van der Waals surface area contributed by atoms with Gasteiger partial charge in [-0.3, -0.25) is 0 Å². The summed E-state index contributed by atoms with van der Waals surface area (Å²) >= 11 is 0. The molecule has 0 bridgehead atoms. The van der Waals surface area contributed by atoms with Crippen LogP contribution in [-0.2, 0) is 30.4 Å². The number of rotatable bonds is 7. The molecule has 0 spiro atoms. The first kappa shape index (κ1) is 18.1. The Kier molecular flexibility index (Phi) is 6.08. The number of carbonyl (C=O) groups excluding carboxylic acids is 1. The normalized spacial score (nSPS) is 12.6. The van der Waals surface area contributed by atoms with Gasteiger partial charge in [-0.1, -0.05) is 48.5 Å². The molecule has 0 radical (unpaired) electrons. The summed E-state index contributed by atoms with van der Waals surface area (Å²) in [6.07, 6.45) is -0.331. The average Bonchev–Trinajstić information content (AvgIpc) is 2.58. The van der Waals surface area contributed by atoms with E-state index in [0.717, 1.165) is 11.8 Å². The van der Waals surface area contributed by atoms with Gasteiger partial charge in [-0.15, -0.1) is 0 Å². The van der Waals surface area contributed by atoms with Crippen LogP contribution < -0.4 is 0 Å². The maximum Gasteiger partial charge on any atom is 0.338 e. The SMILES string of the molecule is COC(=O)c1ccccc1[C@@H](OCc1ccccc1)OS(C)(=O)=O. The number of hydrogen-bond donors (Lipinski definition) is 0. The molecular formula is C17H18O6S. The molecular weight excluding hydrogens is 332 g/mol. The summed E-state index contributed by atoms with van der Waals surface area (Å²) in [6, 6.07) is 15.6. The molecule has 0 unspecified atom stereocenters. The van der Waals surface area contributed by atoms with Crippen LogP contribution in [0.5, 0.6) is 0 Å². The Morgan fingerprint density at radius 2 is 1.67 bits per heavy atom. The summed E-state index contributed by atoms with van der Waals surface area (Å²) < 4.78 is 38.5. The van der Waals surface area contributed by atoms with Gasteiger partial charge in [0.05, 0.1) is 25.5 Å². The highest BCUT2D eigenvalue weighted by Crippen LogP contribution is 2.26. The third-order valence-corrected chi connectivity index (χ3v) is 3.65. The zero-order valence-corrected chi connectivity index (χ0v) is 14.2. The first-order valence-corrected chi connectivity index (χ1v) is 8.93. The molecule has 0 amide bonds. The van der Waals surface area contributed by atoms with E-state index in [1.165, 1.54) is 13.2 Å². The lowest BCUT2D eigenvalue weighted by Gasteiger charge is -2.19. The Balaban J connectivity index is 2.31. The van der Waals surface area contributed by atoms with Gasteiger partial charge < -0.3 is 9.47 Å². The Morgan fingerprint density at radius 3 is 2.29 bits per heavy atom. The summed E-state index contributed by atoms with van der Waals surface area (Å²) in [7, 11) is -2.56. The number of carbonyl (C=O) groups is 1. The van der Waals surface area contributed by atoms with Crippen molar-refractivity contribution in [2.24, 2.45) is 0 Å². The van der Waals surface area contributed by atoms with E-state index in [4.69, 9.17) is 13.7 Å². The predicted molar refractivity (Wildman–Crippen MR) is 87.7 cm³/mol. The van der Waals surface area contributed by atoms with Crippen LogP contribution in [0.25, 0.3) is 0 Å². The second-order valence-corrected chi connectivity index (χ2v) is 6.61. The molecule has 0 aliphatic rings. The minimum absolute atomic E-state index is 0.122. The average molecular weight is 350 g/mol. The molecule has 128 valence electrons. The molecule has 0 fully saturated rings. The van der Waals surface area contributed by atoms with Crippen LogP contribution in [0.1, 0.15) is 27.8 Å². The van der Waals surface area contributed by atoms with E-state index in [-0.39, 0.29) is 17.7 Å². The first-order valence-electron chi connectivity index (χ1n) is 7.12. The van der Waals surface area contributed by atoms with Gasteiger partial charge in [0.15, 0.2) is 0 Å². The maximum absolute atomic E-state index is 11.9. The van der Waals surface area contributed by atoms with Crippen molar-refractivity contribution in [1.82, 2.24) is 0 Å². The van der Waals surface area contributed by atoms with Crippen LogP contribution in [0, 0.1) is 0 Å². The number of esters is 1. The van der Waals surface area contributed by atoms with Crippen molar-refractivity contribution in [2.75, 3.05) is 13.4 Å². The van der Waals surface area contributed by atoms with Crippen molar-refractivity contribution in [2.45, 2.75) is 12.9 Å².